The van der Waals surface area contributed by atoms with E-state index in [9.17, 15) is 14.4 Å². The topological polar surface area (TPSA) is 75.7 Å². The number of nitrogens with zero attached hydrogens (tertiary/aromatic N) is 1. The lowest BCUT2D eigenvalue weighted by Crippen LogP contribution is -2.30. The van der Waals surface area contributed by atoms with Crippen molar-refractivity contribution in [1.82, 2.24) is 4.90 Å². The fourth-order valence-electron chi connectivity index (χ4n) is 3.21. The molecule has 6 nitrogen and oxygen atoms in total. The van der Waals surface area contributed by atoms with Crippen molar-refractivity contribution >= 4 is 46.7 Å². The fourth-order valence-corrected chi connectivity index (χ4v) is 3.55. The number of carbonyl (C=O) groups is 3. The standard InChI is InChI=1S/C21H20Cl2N2O4/c1-13(14-5-3-2-4-6-14)25-11-15(9-20(25)27)21(28)29-12-19(26)24-18-10-16(22)7-8-17(18)23/h2-8,10,13,15H,9,11-12H2,1H3,(H,24,26)/t13-,15+/m1/s1. The van der Waals surface area contributed by atoms with Gasteiger partial charge in [0.25, 0.3) is 5.91 Å². The highest BCUT2D eigenvalue weighted by molar-refractivity contribution is 6.35. The molecule has 1 heterocycles. The largest absolute Gasteiger partial charge is 0.455 e. The van der Waals surface area contributed by atoms with Crippen LogP contribution in [0.5, 0.6) is 0 Å². The summed E-state index contributed by atoms with van der Waals surface area (Å²) < 4.78 is 5.11. The third-order valence-corrected chi connectivity index (χ3v) is 5.35. The van der Waals surface area contributed by atoms with Gasteiger partial charge in [-0.1, -0.05) is 53.5 Å². The van der Waals surface area contributed by atoms with Gasteiger partial charge >= 0.3 is 5.97 Å². The van der Waals surface area contributed by atoms with Crippen LogP contribution in [0, 0.1) is 5.92 Å². The number of anilines is 1. The molecule has 8 heteroatoms. The number of nitrogens with one attached hydrogen (secondary N) is 1. The predicted molar refractivity (Wildman–Crippen MR) is 111 cm³/mol. The maximum Gasteiger partial charge on any atom is 0.311 e. The van der Waals surface area contributed by atoms with E-state index in [0.29, 0.717) is 15.7 Å². The molecule has 2 aromatic rings. The first-order valence-corrected chi connectivity index (χ1v) is 9.86. The summed E-state index contributed by atoms with van der Waals surface area (Å²) in [6.07, 6.45) is 0.0672. The van der Waals surface area contributed by atoms with Gasteiger partial charge in [-0.05, 0) is 30.7 Å². The SMILES string of the molecule is C[C@H](c1ccccc1)N1C[C@@H](C(=O)OCC(=O)Nc2cc(Cl)ccc2Cl)CC1=O. The second-order valence-electron chi connectivity index (χ2n) is 6.81. The molecule has 1 aliphatic rings. The zero-order valence-corrected chi connectivity index (χ0v) is 17.2. The van der Waals surface area contributed by atoms with Gasteiger partial charge in [-0.25, -0.2) is 0 Å². The molecule has 3 rings (SSSR count). The van der Waals surface area contributed by atoms with Gasteiger partial charge in [0.05, 0.1) is 22.7 Å². The molecule has 0 aliphatic carbocycles. The first-order valence-electron chi connectivity index (χ1n) is 9.11. The second-order valence-corrected chi connectivity index (χ2v) is 7.66. The van der Waals surface area contributed by atoms with Crippen LogP contribution in [0.1, 0.15) is 24.9 Å². The monoisotopic (exact) mass is 434 g/mol. The third kappa shape index (κ3) is 5.28. The number of ether oxygens (including phenoxy) is 1. The number of amides is 2. The number of hydrogen-bond acceptors (Lipinski definition) is 4. The smallest absolute Gasteiger partial charge is 0.311 e. The summed E-state index contributed by atoms with van der Waals surface area (Å²) in [7, 11) is 0. The Morgan fingerprint density at radius 2 is 1.93 bits per heavy atom. The van der Waals surface area contributed by atoms with Crippen LogP contribution in [0.4, 0.5) is 5.69 Å². The van der Waals surface area contributed by atoms with Crippen LogP contribution in [0.25, 0.3) is 0 Å². The molecule has 0 aromatic heterocycles. The molecule has 1 aliphatic heterocycles. The molecular weight excluding hydrogens is 415 g/mol. The van der Waals surface area contributed by atoms with Gasteiger partial charge in [0.1, 0.15) is 0 Å². The molecule has 29 heavy (non-hydrogen) atoms. The van der Waals surface area contributed by atoms with Crippen LogP contribution in [-0.4, -0.2) is 35.8 Å². The molecule has 2 atom stereocenters. The maximum absolute atomic E-state index is 12.4. The Bertz CT molecular complexity index is 920. The highest BCUT2D eigenvalue weighted by atomic mass is 35.5. The molecule has 0 spiro atoms. The average Bonchev–Trinajstić information content (AvgIpc) is 3.10. The molecule has 1 N–H and O–H groups in total. The Balaban J connectivity index is 1.53. The number of rotatable bonds is 6. The van der Waals surface area contributed by atoms with Gasteiger partial charge in [-0.2, -0.15) is 0 Å². The predicted octanol–water partition coefficient (Wildman–Crippen LogP) is 4.08. The van der Waals surface area contributed by atoms with Crippen LogP contribution in [0.15, 0.2) is 48.5 Å². The van der Waals surface area contributed by atoms with Gasteiger partial charge in [-0.15, -0.1) is 0 Å². The van der Waals surface area contributed by atoms with E-state index < -0.39 is 24.4 Å². The van der Waals surface area contributed by atoms with E-state index in [0.717, 1.165) is 5.56 Å². The number of halogens is 2. The van der Waals surface area contributed by atoms with Crippen molar-refractivity contribution in [2.24, 2.45) is 5.92 Å². The minimum atomic E-state index is -0.601. The first-order chi connectivity index (χ1) is 13.8. The molecule has 1 saturated heterocycles. The lowest BCUT2D eigenvalue weighted by atomic mass is 10.1. The number of hydrogen-bond donors (Lipinski definition) is 1. The first kappa shape index (κ1) is 21.1. The van der Waals surface area contributed by atoms with Crippen molar-refractivity contribution in [3.8, 4) is 0 Å². The van der Waals surface area contributed by atoms with Crippen LogP contribution < -0.4 is 5.32 Å². The van der Waals surface area contributed by atoms with Crippen LogP contribution in [0.3, 0.4) is 0 Å². The van der Waals surface area contributed by atoms with E-state index in [1.165, 1.54) is 6.07 Å². The molecule has 1 fully saturated rings. The fraction of sp³-hybridized carbons (Fsp3) is 0.286. The molecule has 152 valence electrons. The van der Waals surface area contributed by atoms with Crippen LogP contribution in [0.2, 0.25) is 10.0 Å². The van der Waals surface area contributed by atoms with Gasteiger partial charge in [-0.3, -0.25) is 14.4 Å². The van der Waals surface area contributed by atoms with Crippen molar-refractivity contribution < 1.29 is 19.1 Å². The Morgan fingerprint density at radius 3 is 2.66 bits per heavy atom. The normalized spacial score (nSPS) is 17.1. The molecule has 2 amide bonds. The summed E-state index contributed by atoms with van der Waals surface area (Å²) in [4.78, 5) is 38.4. The summed E-state index contributed by atoms with van der Waals surface area (Å²) in [5.41, 5.74) is 1.33. The summed E-state index contributed by atoms with van der Waals surface area (Å²) in [5, 5.41) is 3.28. The van der Waals surface area contributed by atoms with E-state index in [1.807, 2.05) is 37.3 Å². The Morgan fingerprint density at radius 1 is 1.21 bits per heavy atom. The molecular formula is C21H20Cl2N2O4. The molecule has 0 saturated carbocycles. The maximum atomic E-state index is 12.4. The van der Waals surface area contributed by atoms with E-state index in [2.05, 4.69) is 5.32 Å². The van der Waals surface area contributed by atoms with Crippen molar-refractivity contribution in [3.05, 3.63) is 64.1 Å². The van der Waals surface area contributed by atoms with Gasteiger partial charge in [0, 0.05) is 18.0 Å². The highest BCUT2D eigenvalue weighted by Gasteiger charge is 2.38. The minimum Gasteiger partial charge on any atom is -0.455 e. The Hall–Kier alpha value is -2.57. The van der Waals surface area contributed by atoms with E-state index >= 15 is 0 Å². The van der Waals surface area contributed by atoms with Gasteiger partial charge in [0.2, 0.25) is 5.91 Å². The highest BCUT2D eigenvalue weighted by Crippen LogP contribution is 2.29. The lowest BCUT2D eigenvalue weighted by Gasteiger charge is -2.25. The molecule has 2 aromatic carbocycles. The summed E-state index contributed by atoms with van der Waals surface area (Å²) >= 11 is 11.9. The van der Waals surface area contributed by atoms with Crippen LogP contribution in [-0.2, 0) is 19.1 Å². The number of carbonyl (C=O) groups excluding carboxylic acids is 3. The van der Waals surface area contributed by atoms with E-state index in [-0.39, 0.29) is 24.9 Å². The molecule has 0 unspecified atom stereocenters. The minimum absolute atomic E-state index is 0.0672. The average molecular weight is 435 g/mol. The van der Waals surface area contributed by atoms with Gasteiger partial charge < -0.3 is 15.0 Å². The van der Waals surface area contributed by atoms with Crippen molar-refractivity contribution in [2.45, 2.75) is 19.4 Å². The Labute approximate surface area is 178 Å². The summed E-state index contributed by atoms with van der Waals surface area (Å²) in [6, 6.07) is 14.1. The number of benzene rings is 2. The lowest BCUT2D eigenvalue weighted by molar-refractivity contribution is -0.151. The van der Waals surface area contributed by atoms with E-state index in [1.54, 1.807) is 17.0 Å². The van der Waals surface area contributed by atoms with Gasteiger partial charge in [0.15, 0.2) is 6.61 Å². The second kappa shape index (κ2) is 9.29. The number of likely N-dealkylation sites (tertiary alicyclic amines) is 1. The van der Waals surface area contributed by atoms with Crippen molar-refractivity contribution in [1.29, 1.82) is 0 Å². The van der Waals surface area contributed by atoms with E-state index in [4.69, 9.17) is 27.9 Å². The summed E-state index contributed by atoms with van der Waals surface area (Å²) in [6.45, 7) is 1.71. The number of esters is 1. The Kier molecular flexibility index (Phi) is 6.77. The molecule has 0 radical (unpaired) electrons. The molecule has 0 bridgehead atoms. The zero-order valence-electron chi connectivity index (χ0n) is 15.7. The summed E-state index contributed by atoms with van der Waals surface area (Å²) in [5.74, 6) is -1.83. The van der Waals surface area contributed by atoms with Crippen molar-refractivity contribution in [3.63, 3.8) is 0 Å². The third-order valence-electron chi connectivity index (χ3n) is 4.79. The van der Waals surface area contributed by atoms with Crippen LogP contribution >= 0.6 is 23.2 Å². The quantitative estimate of drug-likeness (QED) is 0.694. The van der Waals surface area contributed by atoms with Crippen molar-refractivity contribution in [2.75, 3.05) is 18.5 Å². The zero-order chi connectivity index (χ0) is 21.0.